The normalized spacial score (nSPS) is 17.4. The fourth-order valence-corrected chi connectivity index (χ4v) is 4.98. The SMILES string of the molecule is O=C(O)c1cc(C(=O)NC[C@@H]2CSCCS2)n(-c2ccccc2)n1. The monoisotopic (exact) mass is 363 g/mol. The van der Waals surface area contributed by atoms with Crippen LogP contribution < -0.4 is 5.32 Å². The number of benzene rings is 1. The maximum Gasteiger partial charge on any atom is 0.356 e. The predicted octanol–water partition coefficient (Wildman–Crippen LogP) is 2.15. The van der Waals surface area contributed by atoms with E-state index in [0.717, 1.165) is 17.3 Å². The molecule has 24 heavy (non-hydrogen) atoms. The van der Waals surface area contributed by atoms with Crippen molar-refractivity contribution in [1.82, 2.24) is 15.1 Å². The molecule has 126 valence electrons. The van der Waals surface area contributed by atoms with E-state index in [9.17, 15) is 14.7 Å². The first-order valence-electron chi connectivity index (χ1n) is 7.51. The molecule has 1 saturated heterocycles. The molecule has 0 aliphatic carbocycles. The van der Waals surface area contributed by atoms with Crippen LogP contribution in [0.3, 0.4) is 0 Å². The second-order valence-electron chi connectivity index (χ2n) is 5.25. The molecule has 0 spiro atoms. The first-order chi connectivity index (χ1) is 11.6. The average molecular weight is 363 g/mol. The Labute approximate surface area is 148 Å². The highest BCUT2D eigenvalue weighted by molar-refractivity contribution is 8.06. The molecule has 3 rings (SSSR count). The molecular formula is C16H17N3O3S2. The van der Waals surface area contributed by atoms with E-state index in [0.29, 0.717) is 17.5 Å². The number of para-hydroxylation sites is 1. The van der Waals surface area contributed by atoms with Crippen LogP contribution in [-0.2, 0) is 0 Å². The van der Waals surface area contributed by atoms with Gasteiger partial charge in [-0.3, -0.25) is 4.79 Å². The van der Waals surface area contributed by atoms with Crippen molar-refractivity contribution in [2.24, 2.45) is 0 Å². The summed E-state index contributed by atoms with van der Waals surface area (Å²) in [6, 6.07) is 10.4. The summed E-state index contributed by atoms with van der Waals surface area (Å²) < 4.78 is 1.38. The number of thioether (sulfide) groups is 2. The zero-order valence-electron chi connectivity index (χ0n) is 12.8. The number of carbonyl (C=O) groups is 2. The van der Waals surface area contributed by atoms with Gasteiger partial charge in [0.15, 0.2) is 5.69 Å². The molecule has 1 aromatic carbocycles. The van der Waals surface area contributed by atoms with Crippen molar-refractivity contribution < 1.29 is 14.7 Å². The Bertz CT molecular complexity index is 727. The third kappa shape index (κ3) is 3.93. The van der Waals surface area contributed by atoms with Gasteiger partial charge in [-0.05, 0) is 12.1 Å². The van der Waals surface area contributed by atoms with Crippen molar-refractivity contribution in [2.45, 2.75) is 5.25 Å². The number of amides is 1. The summed E-state index contributed by atoms with van der Waals surface area (Å²) in [5.41, 5.74) is 0.733. The van der Waals surface area contributed by atoms with Gasteiger partial charge in [-0.2, -0.15) is 28.6 Å². The number of nitrogens with one attached hydrogen (secondary N) is 1. The molecule has 0 radical (unpaired) electrons. The van der Waals surface area contributed by atoms with Crippen molar-refractivity contribution >= 4 is 35.4 Å². The minimum atomic E-state index is -1.15. The van der Waals surface area contributed by atoms with Crippen molar-refractivity contribution in [3.8, 4) is 5.69 Å². The highest BCUT2D eigenvalue weighted by atomic mass is 32.2. The fourth-order valence-electron chi connectivity index (χ4n) is 2.36. The maximum absolute atomic E-state index is 12.5. The largest absolute Gasteiger partial charge is 0.476 e. The highest BCUT2D eigenvalue weighted by Crippen LogP contribution is 2.23. The minimum absolute atomic E-state index is 0.147. The van der Waals surface area contributed by atoms with Crippen LogP contribution in [0.2, 0.25) is 0 Å². The molecule has 0 unspecified atom stereocenters. The summed E-state index contributed by atoms with van der Waals surface area (Å²) in [5.74, 6) is 1.80. The van der Waals surface area contributed by atoms with Crippen molar-refractivity contribution in [3.05, 3.63) is 47.8 Å². The van der Waals surface area contributed by atoms with Crippen molar-refractivity contribution in [1.29, 1.82) is 0 Å². The molecule has 6 nitrogen and oxygen atoms in total. The number of carbonyl (C=O) groups excluding carboxylic acids is 1. The molecule has 2 aromatic rings. The van der Waals surface area contributed by atoms with Crippen LogP contribution in [0, 0.1) is 0 Å². The van der Waals surface area contributed by atoms with E-state index in [1.165, 1.54) is 10.7 Å². The first-order valence-corrected chi connectivity index (χ1v) is 9.72. The standard InChI is InChI=1S/C16H17N3O3S2/c20-15(17-9-12-10-23-6-7-24-12)14-8-13(16(21)22)18-19(14)11-4-2-1-3-5-11/h1-5,8,12H,6-7,9-10H2,(H,17,20)(H,21,22)/t12-/m1/s1. The number of hydrogen-bond donors (Lipinski definition) is 2. The molecule has 1 atom stereocenters. The highest BCUT2D eigenvalue weighted by Gasteiger charge is 2.21. The Morgan fingerprint density at radius 1 is 1.29 bits per heavy atom. The lowest BCUT2D eigenvalue weighted by atomic mass is 10.3. The van der Waals surface area contributed by atoms with Gasteiger partial charge in [0.1, 0.15) is 5.69 Å². The van der Waals surface area contributed by atoms with Gasteiger partial charge in [-0.25, -0.2) is 9.48 Å². The molecule has 1 aliphatic rings. The van der Waals surface area contributed by atoms with Crippen LogP contribution in [0.4, 0.5) is 0 Å². The Kier molecular flexibility index (Phi) is 5.47. The third-order valence-corrected chi connectivity index (χ3v) is 6.38. The van der Waals surface area contributed by atoms with Gasteiger partial charge in [0.25, 0.3) is 5.91 Å². The lowest BCUT2D eigenvalue weighted by Gasteiger charge is -2.21. The van der Waals surface area contributed by atoms with Gasteiger partial charge >= 0.3 is 5.97 Å². The molecule has 2 heterocycles. The number of aromatic nitrogens is 2. The van der Waals surface area contributed by atoms with E-state index in [-0.39, 0.29) is 17.3 Å². The first kappa shape index (κ1) is 16.9. The topological polar surface area (TPSA) is 84.2 Å². The summed E-state index contributed by atoms with van der Waals surface area (Å²) >= 11 is 3.75. The predicted molar refractivity (Wildman–Crippen MR) is 96.4 cm³/mol. The summed E-state index contributed by atoms with van der Waals surface area (Å²) in [6.45, 7) is 0.568. The fraction of sp³-hybridized carbons (Fsp3) is 0.312. The number of carboxylic acid groups (broad SMARTS) is 1. The molecule has 8 heteroatoms. The van der Waals surface area contributed by atoms with Gasteiger partial charge in [0.05, 0.1) is 5.69 Å². The maximum atomic E-state index is 12.5. The van der Waals surface area contributed by atoms with Crippen LogP contribution in [-0.4, -0.2) is 55.8 Å². The van der Waals surface area contributed by atoms with Crippen LogP contribution >= 0.6 is 23.5 Å². The van der Waals surface area contributed by atoms with Crippen molar-refractivity contribution in [2.75, 3.05) is 23.8 Å². The molecule has 0 bridgehead atoms. The number of rotatable bonds is 5. The summed E-state index contributed by atoms with van der Waals surface area (Å²) in [5, 5.41) is 16.5. The number of aromatic carboxylic acids is 1. The smallest absolute Gasteiger partial charge is 0.356 e. The van der Waals surface area contributed by atoms with Crippen LogP contribution in [0.15, 0.2) is 36.4 Å². The Balaban J connectivity index is 1.80. The van der Waals surface area contributed by atoms with Gasteiger partial charge in [0, 0.05) is 35.1 Å². The van der Waals surface area contributed by atoms with E-state index in [1.54, 1.807) is 12.1 Å². The van der Waals surface area contributed by atoms with E-state index in [2.05, 4.69) is 10.4 Å². The minimum Gasteiger partial charge on any atom is -0.476 e. The summed E-state index contributed by atoms with van der Waals surface area (Å²) in [7, 11) is 0. The second kappa shape index (κ2) is 7.76. The Morgan fingerprint density at radius 2 is 2.08 bits per heavy atom. The lowest BCUT2D eigenvalue weighted by Crippen LogP contribution is -2.34. The average Bonchev–Trinajstić information content (AvgIpc) is 3.07. The van der Waals surface area contributed by atoms with E-state index in [1.807, 2.05) is 41.7 Å². The number of nitrogens with zero attached hydrogens (tertiary/aromatic N) is 2. The molecule has 1 fully saturated rings. The molecule has 0 saturated carbocycles. The number of carboxylic acids is 1. The molecule has 2 N–H and O–H groups in total. The summed E-state index contributed by atoms with van der Waals surface area (Å²) in [6.07, 6.45) is 0. The van der Waals surface area contributed by atoms with Crippen molar-refractivity contribution in [3.63, 3.8) is 0 Å². The number of hydrogen-bond acceptors (Lipinski definition) is 5. The third-order valence-electron chi connectivity index (χ3n) is 3.54. The zero-order chi connectivity index (χ0) is 16.9. The van der Waals surface area contributed by atoms with Crippen LogP contribution in [0.1, 0.15) is 21.0 Å². The van der Waals surface area contributed by atoms with Gasteiger partial charge in [0.2, 0.25) is 0 Å². The van der Waals surface area contributed by atoms with Crippen LogP contribution in [0.5, 0.6) is 0 Å². The Hall–Kier alpha value is -1.93. The molecule has 1 aromatic heterocycles. The van der Waals surface area contributed by atoms with E-state index in [4.69, 9.17) is 0 Å². The van der Waals surface area contributed by atoms with Gasteiger partial charge < -0.3 is 10.4 Å². The molecular weight excluding hydrogens is 346 g/mol. The van der Waals surface area contributed by atoms with E-state index < -0.39 is 5.97 Å². The van der Waals surface area contributed by atoms with E-state index >= 15 is 0 Å². The quantitative estimate of drug-likeness (QED) is 0.847. The van der Waals surface area contributed by atoms with Crippen LogP contribution in [0.25, 0.3) is 5.69 Å². The molecule has 1 amide bonds. The zero-order valence-corrected chi connectivity index (χ0v) is 14.5. The lowest BCUT2D eigenvalue weighted by molar-refractivity contribution is 0.0689. The molecule has 1 aliphatic heterocycles. The van der Waals surface area contributed by atoms with Gasteiger partial charge in [-0.1, -0.05) is 18.2 Å². The van der Waals surface area contributed by atoms with Gasteiger partial charge in [-0.15, -0.1) is 0 Å². The Morgan fingerprint density at radius 3 is 2.75 bits per heavy atom. The second-order valence-corrected chi connectivity index (χ2v) is 7.80. The summed E-state index contributed by atoms with van der Waals surface area (Å²) in [4.78, 5) is 23.7.